The molecule has 25 heavy (non-hydrogen) atoms. The fourth-order valence-electron chi connectivity index (χ4n) is 2.89. The van der Waals surface area contributed by atoms with Crippen molar-refractivity contribution in [3.05, 3.63) is 71.8 Å². The molecule has 0 aromatic heterocycles. The van der Waals surface area contributed by atoms with Crippen LogP contribution in [0.2, 0.25) is 5.02 Å². The van der Waals surface area contributed by atoms with Gasteiger partial charge in [0, 0.05) is 11.1 Å². The number of carbonyl (C=O) groups is 1. The Morgan fingerprint density at radius 1 is 1.16 bits per heavy atom. The summed E-state index contributed by atoms with van der Waals surface area (Å²) in [6.45, 7) is 5.90. The molecule has 0 saturated carbocycles. The van der Waals surface area contributed by atoms with Crippen molar-refractivity contribution in [3.63, 3.8) is 0 Å². The number of ether oxygens (including phenoxy) is 2. The second-order valence-corrected chi connectivity index (χ2v) is 6.34. The highest BCUT2D eigenvalue weighted by molar-refractivity contribution is 6.31. The highest BCUT2D eigenvalue weighted by Gasteiger charge is 2.11. The van der Waals surface area contributed by atoms with Crippen molar-refractivity contribution >= 4 is 39.1 Å². The first-order valence-electron chi connectivity index (χ1n) is 8.09. The molecular weight excluding hydrogens is 336 g/mol. The summed E-state index contributed by atoms with van der Waals surface area (Å²) in [6, 6.07) is 16.2. The minimum absolute atomic E-state index is 0.310. The molecule has 3 aromatic carbocycles. The van der Waals surface area contributed by atoms with E-state index < -0.39 is 5.97 Å². The molecule has 0 saturated heterocycles. The van der Waals surface area contributed by atoms with E-state index in [-0.39, 0.29) is 6.10 Å². The van der Waals surface area contributed by atoms with E-state index in [4.69, 9.17) is 21.1 Å². The van der Waals surface area contributed by atoms with E-state index in [0.717, 1.165) is 33.2 Å². The predicted octanol–water partition coefficient (Wildman–Crippen LogP) is 5.28. The minimum Gasteiger partial charge on any atom is -0.457 e. The van der Waals surface area contributed by atoms with Crippen LogP contribution in [0.5, 0.6) is 0 Å². The van der Waals surface area contributed by atoms with Gasteiger partial charge in [0.05, 0.1) is 13.2 Å². The number of halogens is 1. The van der Waals surface area contributed by atoms with E-state index in [1.165, 1.54) is 0 Å². The molecule has 1 atom stereocenters. The Bertz CT molecular complexity index is 933. The molecule has 3 nitrogen and oxygen atoms in total. The van der Waals surface area contributed by atoms with Gasteiger partial charge in [0.1, 0.15) is 6.10 Å². The van der Waals surface area contributed by atoms with Gasteiger partial charge in [-0.15, -0.1) is 0 Å². The molecule has 3 rings (SSSR count). The Hall–Kier alpha value is -2.36. The molecule has 0 heterocycles. The Morgan fingerprint density at radius 2 is 1.92 bits per heavy atom. The van der Waals surface area contributed by atoms with Crippen LogP contribution in [0.3, 0.4) is 0 Å². The SMILES string of the molecule is C=CC(=O)OC(C)COCc1c2ccccc2cc2ccc(Cl)cc12. The first kappa shape index (κ1) is 17.5. The van der Waals surface area contributed by atoms with Crippen molar-refractivity contribution in [3.8, 4) is 0 Å². The number of benzene rings is 3. The average molecular weight is 355 g/mol. The molecule has 128 valence electrons. The summed E-state index contributed by atoms with van der Waals surface area (Å²) in [5.74, 6) is -0.446. The molecule has 0 bridgehead atoms. The largest absolute Gasteiger partial charge is 0.457 e. The van der Waals surface area contributed by atoms with Gasteiger partial charge in [0.25, 0.3) is 0 Å². The van der Waals surface area contributed by atoms with Crippen LogP contribution in [0.1, 0.15) is 12.5 Å². The molecule has 4 heteroatoms. The van der Waals surface area contributed by atoms with E-state index in [9.17, 15) is 4.79 Å². The van der Waals surface area contributed by atoms with Crippen molar-refractivity contribution in [2.45, 2.75) is 19.6 Å². The van der Waals surface area contributed by atoms with Gasteiger partial charge in [-0.25, -0.2) is 4.79 Å². The van der Waals surface area contributed by atoms with Gasteiger partial charge in [-0.2, -0.15) is 0 Å². The monoisotopic (exact) mass is 354 g/mol. The van der Waals surface area contributed by atoms with Crippen molar-refractivity contribution < 1.29 is 14.3 Å². The van der Waals surface area contributed by atoms with Gasteiger partial charge in [-0.05, 0) is 52.2 Å². The minimum atomic E-state index is -0.446. The first-order chi connectivity index (χ1) is 12.1. The lowest BCUT2D eigenvalue weighted by molar-refractivity contribution is -0.145. The maximum absolute atomic E-state index is 11.2. The summed E-state index contributed by atoms with van der Waals surface area (Å²) >= 11 is 6.19. The van der Waals surface area contributed by atoms with Crippen LogP contribution in [-0.2, 0) is 20.9 Å². The maximum atomic E-state index is 11.2. The zero-order chi connectivity index (χ0) is 17.8. The fraction of sp³-hybridized carbons (Fsp3) is 0.190. The molecule has 0 spiro atoms. The van der Waals surface area contributed by atoms with Gasteiger partial charge in [0.2, 0.25) is 0 Å². The summed E-state index contributed by atoms with van der Waals surface area (Å²) < 4.78 is 11.0. The Balaban J connectivity index is 1.89. The third-order valence-electron chi connectivity index (χ3n) is 4.02. The lowest BCUT2D eigenvalue weighted by Crippen LogP contribution is -2.19. The summed E-state index contributed by atoms with van der Waals surface area (Å²) in [4.78, 5) is 11.2. The zero-order valence-corrected chi connectivity index (χ0v) is 14.8. The van der Waals surface area contributed by atoms with Crippen molar-refractivity contribution in [2.24, 2.45) is 0 Å². The molecule has 0 fully saturated rings. The molecule has 1 unspecified atom stereocenters. The van der Waals surface area contributed by atoms with Crippen LogP contribution < -0.4 is 0 Å². The lowest BCUT2D eigenvalue weighted by Gasteiger charge is -2.15. The predicted molar refractivity (Wildman–Crippen MR) is 102 cm³/mol. The Kier molecular flexibility index (Phi) is 5.37. The highest BCUT2D eigenvalue weighted by atomic mass is 35.5. The number of rotatable bonds is 6. The fourth-order valence-corrected chi connectivity index (χ4v) is 3.06. The summed E-state index contributed by atoms with van der Waals surface area (Å²) in [6.07, 6.45) is 0.812. The van der Waals surface area contributed by atoms with Crippen molar-refractivity contribution in [1.29, 1.82) is 0 Å². The molecular formula is C21H19ClO3. The quantitative estimate of drug-likeness (QED) is 0.343. The molecule has 0 amide bonds. The van der Waals surface area contributed by atoms with E-state index in [2.05, 4.69) is 24.8 Å². The van der Waals surface area contributed by atoms with E-state index in [0.29, 0.717) is 18.2 Å². The smallest absolute Gasteiger partial charge is 0.330 e. The number of hydrogen-bond donors (Lipinski definition) is 0. The molecule has 3 aromatic rings. The van der Waals surface area contributed by atoms with Gasteiger partial charge < -0.3 is 9.47 Å². The first-order valence-corrected chi connectivity index (χ1v) is 8.47. The van der Waals surface area contributed by atoms with E-state index in [1.54, 1.807) is 6.92 Å². The molecule has 0 N–H and O–H groups in total. The van der Waals surface area contributed by atoms with Crippen molar-refractivity contribution in [1.82, 2.24) is 0 Å². The second-order valence-electron chi connectivity index (χ2n) is 5.91. The maximum Gasteiger partial charge on any atom is 0.330 e. The van der Waals surface area contributed by atoms with Crippen LogP contribution in [0.25, 0.3) is 21.5 Å². The lowest BCUT2D eigenvalue weighted by atomic mass is 9.97. The Labute approximate surface area is 151 Å². The molecule has 0 aliphatic rings. The normalized spacial score (nSPS) is 12.2. The molecule has 0 radical (unpaired) electrons. The van der Waals surface area contributed by atoms with Crippen LogP contribution in [-0.4, -0.2) is 18.7 Å². The Morgan fingerprint density at radius 3 is 2.72 bits per heavy atom. The standard InChI is InChI=1S/C21H19ClO3/c1-3-21(23)25-14(2)12-24-13-20-18-7-5-4-6-15(18)10-16-8-9-17(22)11-19(16)20/h3-11,14H,1,12-13H2,2H3. The number of carbonyl (C=O) groups excluding carboxylic acids is 1. The molecule has 0 aliphatic carbocycles. The van der Waals surface area contributed by atoms with Gasteiger partial charge >= 0.3 is 5.97 Å². The molecule has 0 aliphatic heterocycles. The third-order valence-corrected chi connectivity index (χ3v) is 4.26. The van der Waals surface area contributed by atoms with E-state index >= 15 is 0 Å². The number of fused-ring (bicyclic) bond motifs is 2. The number of esters is 1. The third kappa shape index (κ3) is 4.01. The van der Waals surface area contributed by atoms with Crippen LogP contribution in [0.15, 0.2) is 61.2 Å². The van der Waals surface area contributed by atoms with Gasteiger partial charge in [-0.3, -0.25) is 0 Å². The van der Waals surface area contributed by atoms with Crippen LogP contribution in [0.4, 0.5) is 0 Å². The van der Waals surface area contributed by atoms with Gasteiger partial charge in [0.15, 0.2) is 0 Å². The van der Waals surface area contributed by atoms with Gasteiger partial charge in [-0.1, -0.05) is 48.5 Å². The zero-order valence-electron chi connectivity index (χ0n) is 14.0. The second kappa shape index (κ2) is 7.68. The topological polar surface area (TPSA) is 35.5 Å². The highest BCUT2D eigenvalue weighted by Crippen LogP contribution is 2.31. The van der Waals surface area contributed by atoms with Crippen molar-refractivity contribution in [2.75, 3.05) is 6.61 Å². The summed E-state index contributed by atoms with van der Waals surface area (Å²) in [7, 11) is 0. The van der Waals surface area contributed by atoms with Crippen LogP contribution >= 0.6 is 11.6 Å². The van der Waals surface area contributed by atoms with E-state index in [1.807, 2.05) is 30.3 Å². The average Bonchev–Trinajstić information content (AvgIpc) is 2.61. The number of hydrogen-bond acceptors (Lipinski definition) is 3. The summed E-state index contributed by atoms with van der Waals surface area (Å²) in [5.41, 5.74) is 1.08. The van der Waals surface area contributed by atoms with Crippen LogP contribution in [0, 0.1) is 0 Å². The summed E-state index contributed by atoms with van der Waals surface area (Å²) in [5, 5.41) is 5.17.